The first kappa shape index (κ1) is 6.82. The van der Waals surface area contributed by atoms with Gasteiger partial charge in [0.15, 0.2) is 0 Å². The molecule has 0 heterocycles. The zero-order valence-corrected chi connectivity index (χ0v) is 4.32. The lowest BCUT2D eigenvalue weighted by Crippen LogP contribution is -2.14. The molecule has 0 aliphatic heterocycles. The van der Waals surface area contributed by atoms with Crippen LogP contribution in [0.1, 0.15) is 6.92 Å². The minimum absolute atomic E-state index is 0.931. The summed E-state index contributed by atoms with van der Waals surface area (Å²) in [6.45, 7) is 1.32. The molecule has 0 aromatic carbocycles. The van der Waals surface area contributed by atoms with Gasteiger partial charge in [0, 0.05) is 7.11 Å². The predicted molar refractivity (Wildman–Crippen MR) is 22.5 cm³/mol. The molecule has 1 unspecified atom stereocenters. The van der Waals surface area contributed by atoms with E-state index in [0.717, 1.165) is 0 Å². The van der Waals surface area contributed by atoms with Crippen molar-refractivity contribution in [2.24, 2.45) is 0 Å². The fraction of sp³-hybridized carbons (Fsp3) is 1.00. The van der Waals surface area contributed by atoms with E-state index in [9.17, 15) is 8.78 Å². The lowest BCUT2D eigenvalue weighted by Gasteiger charge is -2.04. The van der Waals surface area contributed by atoms with Crippen LogP contribution < -0.4 is 0 Å². The van der Waals surface area contributed by atoms with E-state index in [-0.39, 0.29) is 0 Å². The Morgan fingerprint density at radius 1 is 1.43 bits per heavy atom. The zero-order valence-electron chi connectivity index (χ0n) is 4.32. The molecule has 44 valence electrons. The molecule has 0 aromatic heterocycles. The summed E-state index contributed by atoms with van der Waals surface area (Å²) < 4.78 is 26.9. The minimum atomic E-state index is -2.36. The van der Waals surface area contributed by atoms with Crippen LogP contribution in [0.5, 0.6) is 0 Å². The van der Waals surface area contributed by atoms with Gasteiger partial charge in [-0.1, -0.05) is 0 Å². The van der Waals surface area contributed by atoms with Crippen LogP contribution in [-0.4, -0.2) is 19.6 Å². The van der Waals surface area contributed by atoms with Crippen LogP contribution in [0.3, 0.4) is 0 Å². The Morgan fingerprint density at radius 2 is 1.86 bits per heavy atom. The first-order valence-corrected chi connectivity index (χ1v) is 1.99. The molecular weight excluding hydrogens is 102 g/mol. The van der Waals surface area contributed by atoms with Gasteiger partial charge in [-0.05, 0) is 6.92 Å². The van der Waals surface area contributed by atoms with Crippen molar-refractivity contribution in [3.8, 4) is 0 Å². The monoisotopic (exact) mass is 110 g/mol. The lowest BCUT2D eigenvalue weighted by molar-refractivity contribution is -0.0211. The Kier molecular flexibility index (Phi) is 2.83. The topological polar surface area (TPSA) is 9.23 Å². The third kappa shape index (κ3) is 2.51. The van der Waals surface area contributed by atoms with Crippen molar-refractivity contribution < 1.29 is 13.5 Å². The Labute approximate surface area is 41.3 Å². The van der Waals surface area contributed by atoms with Crippen molar-refractivity contribution in [3.63, 3.8) is 0 Å². The molecule has 7 heavy (non-hydrogen) atoms. The van der Waals surface area contributed by atoms with Gasteiger partial charge >= 0.3 is 0 Å². The zero-order chi connectivity index (χ0) is 5.86. The summed E-state index contributed by atoms with van der Waals surface area (Å²) in [6.07, 6.45) is -3.29. The molecule has 0 saturated carbocycles. The molecule has 0 aliphatic rings. The van der Waals surface area contributed by atoms with E-state index in [4.69, 9.17) is 0 Å². The van der Waals surface area contributed by atoms with Gasteiger partial charge in [0.05, 0.1) is 0 Å². The van der Waals surface area contributed by atoms with Gasteiger partial charge in [-0.2, -0.15) is 0 Å². The fourth-order valence-corrected chi connectivity index (χ4v) is 0.103. The van der Waals surface area contributed by atoms with Crippen LogP contribution in [0, 0.1) is 0 Å². The van der Waals surface area contributed by atoms with E-state index >= 15 is 0 Å². The van der Waals surface area contributed by atoms with Crippen molar-refractivity contribution in [1.29, 1.82) is 0 Å². The molecule has 0 rings (SSSR count). The average Bonchev–Trinajstić information content (AvgIpc) is 1.65. The number of hydrogen-bond donors (Lipinski definition) is 0. The Morgan fingerprint density at radius 3 is 1.86 bits per heavy atom. The molecule has 0 bridgehead atoms. The summed E-state index contributed by atoms with van der Waals surface area (Å²) >= 11 is 0. The Bertz CT molecular complexity index is 47.0. The molecule has 0 aromatic rings. The molecular formula is C4H8F2O. The molecule has 0 radical (unpaired) electrons. The van der Waals surface area contributed by atoms with Gasteiger partial charge < -0.3 is 4.74 Å². The van der Waals surface area contributed by atoms with Crippen LogP contribution in [0.15, 0.2) is 0 Å². The van der Waals surface area contributed by atoms with Gasteiger partial charge in [0.2, 0.25) is 0 Å². The van der Waals surface area contributed by atoms with Crippen molar-refractivity contribution in [3.05, 3.63) is 0 Å². The van der Waals surface area contributed by atoms with E-state index in [2.05, 4.69) is 4.74 Å². The third-order valence-corrected chi connectivity index (χ3v) is 0.727. The Balaban J connectivity index is 3.14. The second-order valence-corrected chi connectivity index (χ2v) is 1.28. The molecule has 0 spiro atoms. The van der Waals surface area contributed by atoms with Crippen LogP contribution in [0.2, 0.25) is 0 Å². The number of alkyl halides is 2. The maximum atomic E-state index is 11.3. The van der Waals surface area contributed by atoms with Gasteiger partial charge in [0.1, 0.15) is 6.10 Å². The fourth-order valence-electron chi connectivity index (χ4n) is 0.103. The number of halogens is 2. The highest BCUT2D eigenvalue weighted by Crippen LogP contribution is 2.01. The summed E-state index contributed by atoms with van der Waals surface area (Å²) in [5.41, 5.74) is 0. The maximum absolute atomic E-state index is 11.3. The standard InChI is InChI=1S/C4H8F2O/c1-3(7-2)4(5)6/h3-4H,1-2H3. The first-order chi connectivity index (χ1) is 3.18. The van der Waals surface area contributed by atoms with E-state index in [1.54, 1.807) is 0 Å². The van der Waals surface area contributed by atoms with Crippen LogP contribution >= 0.6 is 0 Å². The summed E-state index contributed by atoms with van der Waals surface area (Å²) in [4.78, 5) is 0. The van der Waals surface area contributed by atoms with Gasteiger partial charge in [-0.3, -0.25) is 0 Å². The second kappa shape index (κ2) is 2.91. The third-order valence-electron chi connectivity index (χ3n) is 0.727. The number of hydrogen-bond acceptors (Lipinski definition) is 1. The minimum Gasteiger partial charge on any atom is -0.376 e. The summed E-state index contributed by atoms with van der Waals surface area (Å²) in [5, 5.41) is 0. The molecule has 1 atom stereocenters. The maximum Gasteiger partial charge on any atom is 0.264 e. The van der Waals surface area contributed by atoms with Crippen molar-refractivity contribution in [2.45, 2.75) is 19.5 Å². The second-order valence-electron chi connectivity index (χ2n) is 1.28. The average molecular weight is 110 g/mol. The molecule has 0 aliphatic carbocycles. The molecule has 0 N–H and O–H groups in total. The molecule has 0 fully saturated rings. The molecule has 1 nitrogen and oxygen atoms in total. The van der Waals surface area contributed by atoms with E-state index < -0.39 is 12.5 Å². The number of ether oxygens (including phenoxy) is 1. The van der Waals surface area contributed by atoms with Gasteiger partial charge in [-0.25, -0.2) is 8.78 Å². The summed E-state index contributed by atoms with van der Waals surface area (Å²) in [5.74, 6) is 0. The quantitative estimate of drug-likeness (QED) is 0.520. The molecule has 0 saturated heterocycles. The van der Waals surface area contributed by atoms with Crippen molar-refractivity contribution >= 4 is 0 Å². The number of methoxy groups -OCH3 is 1. The van der Waals surface area contributed by atoms with Gasteiger partial charge in [-0.15, -0.1) is 0 Å². The highest BCUT2D eigenvalue weighted by atomic mass is 19.3. The van der Waals surface area contributed by atoms with Crippen LogP contribution in [-0.2, 0) is 4.74 Å². The van der Waals surface area contributed by atoms with E-state index in [1.807, 2.05) is 0 Å². The smallest absolute Gasteiger partial charge is 0.264 e. The first-order valence-electron chi connectivity index (χ1n) is 1.99. The molecule has 0 amide bonds. The normalized spacial score (nSPS) is 15.0. The SMILES string of the molecule is COC(C)C(F)F. The highest BCUT2D eigenvalue weighted by Gasteiger charge is 2.11. The van der Waals surface area contributed by atoms with Crippen LogP contribution in [0.25, 0.3) is 0 Å². The predicted octanol–water partition coefficient (Wildman–Crippen LogP) is 1.29. The Hall–Kier alpha value is -0.180. The molecule has 3 heteroatoms. The summed E-state index contributed by atoms with van der Waals surface area (Å²) in [7, 11) is 1.26. The van der Waals surface area contributed by atoms with Crippen molar-refractivity contribution in [2.75, 3.05) is 7.11 Å². The lowest BCUT2D eigenvalue weighted by atomic mass is 10.4. The summed E-state index contributed by atoms with van der Waals surface area (Å²) in [6, 6.07) is 0. The largest absolute Gasteiger partial charge is 0.376 e. The van der Waals surface area contributed by atoms with Crippen molar-refractivity contribution in [1.82, 2.24) is 0 Å². The van der Waals surface area contributed by atoms with E-state index in [0.29, 0.717) is 0 Å². The van der Waals surface area contributed by atoms with E-state index in [1.165, 1.54) is 14.0 Å². The van der Waals surface area contributed by atoms with Crippen LogP contribution in [0.4, 0.5) is 8.78 Å². The van der Waals surface area contributed by atoms with Gasteiger partial charge in [0.25, 0.3) is 6.43 Å². The number of rotatable bonds is 2. The highest BCUT2D eigenvalue weighted by molar-refractivity contribution is 4.47.